The van der Waals surface area contributed by atoms with E-state index in [1.807, 2.05) is 30.3 Å². The topological polar surface area (TPSA) is 108 Å². The fourth-order valence-corrected chi connectivity index (χ4v) is 5.00. The molecule has 0 unspecified atom stereocenters. The molecule has 32 heavy (non-hydrogen) atoms. The van der Waals surface area contributed by atoms with Crippen molar-refractivity contribution in [1.82, 2.24) is 14.3 Å². The Balaban J connectivity index is 2.19. The molecule has 1 aliphatic rings. The van der Waals surface area contributed by atoms with Crippen LogP contribution in [-0.4, -0.2) is 63.1 Å². The van der Waals surface area contributed by atoms with Crippen LogP contribution in [-0.2, 0) is 25.2 Å². The van der Waals surface area contributed by atoms with Gasteiger partial charge in [0.2, 0.25) is 0 Å². The minimum atomic E-state index is -3.69. The molecule has 1 amide bonds. The van der Waals surface area contributed by atoms with Crippen LogP contribution in [0.5, 0.6) is 0 Å². The molecule has 0 aliphatic carbocycles. The highest BCUT2D eigenvalue weighted by Gasteiger charge is 2.39. The Bertz CT molecular complexity index is 934. The van der Waals surface area contributed by atoms with Crippen LogP contribution in [0, 0.1) is 0 Å². The molecule has 0 aromatic heterocycles. The van der Waals surface area contributed by atoms with Gasteiger partial charge in [0.25, 0.3) is 16.1 Å². The first-order valence-electron chi connectivity index (χ1n) is 10.5. The molecule has 1 aromatic carbocycles. The molecule has 2 rings (SSSR count). The second-order valence-electron chi connectivity index (χ2n) is 7.87. The maximum Gasteiger partial charge on any atom is 0.279 e. The molecule has 176 valence electrons. The summed E-state index contributed by atoms with van der Waals surface area (Å²) < 4.78 is 34.1. The maximum atomic E-state index is 12.8. The molecule has 0 spiro atoms. The smallest absolute Gasteiger partial charge is 0.279 e. The predicted molar refractivity (Wildman–Crippen MR) is 125 cm³/mol. The van der Waals surface area contributed by atoms with Crippen LogP contribution in [0.3, 0.4) is 0 Å². The van der Waals surface area contributed by atoms with Gasteiger partial charge in [0, 0.05) is 31.6 Å². The predicted octanol–water partition coefficient (Wildman–Crippen LogP) is 1.62. The first kappa shape index (κ1) is 25.8. The number of carbonyl (C=O) groups excluding carboxylic acids is 1. The number of benzene rings is 1. The van der Waals surface area contributed by atoms with Gasteiger partial charge in [0.05, 0.1) is 18.8 Å². The van der Waals surface area contributed by atoms with E-state index in [0.717, 1.165) is 5.56 Å². The van der Waals surface area contributed by atoms with Gasteiger partial charge in [-0.3, -0.25) is 4.79 Å². The number of allylic oxidation sites excluding steroid dienone is 2. The Morgan fingerprint density at radius 1 is 1.31 bits per heavy atom. The van der Waals surface area contributed by atoms with Crippen molar-refractivity contribution in [2.75, 3.05) is 33.3 Å². The molecule has 0 saturated carbocycles. The molecule has 1 aromatic rings. The fourth-order valence-electron chi connectivity index (χ4n) is 3.70. The number of nitrogens with one attached hydrogen (secondary N) is 2. The van der Waals surface area contributed by atoms with Crippen molar-refractivity contribution < 1.29 is 23.1 Å². The summed E-state index contributed by atoms with van der Waals surface area (Å²) in [6.45, 7) is 9.78. The van der Waals surface area contributed by atoms with Gasteiger partial charge in [0.15, 0.2) is 0 Å². The number of ether oxygens (including phenoxy) is 1. The molecule has 1 heterocycles. The zero-order valence-electron chi connectivity index (χ0n) is 18.7. The van der Waals surface area contributed by atoms with E-state index < -0.39 is 21.7 Å². The van der Waals surface area contributed by atoms with Crippen LogP contribution in [0.25, 0.3) is 0 Å². The molecule has 1 aliphatic heterocycles. The number of nitrogens with zero attached hydrogens (tertiary/aromatic N) is 1. The molecule has 8 nitrogen and oxygen atoms in total. The molecule has 9 heteroatoms. The lowest BCUT2D eigenvalue weighted by molar-refractivity contribution is -0.117. The summed E-state index contributed by atoms with van der Waals surface area (Å²) in [6, 6.07) is 9.78. The summed E-state index contributed by atoms with van der Waals surface area (Å²) >= 11 is 0. The number of rotatable bonds is 11. The monoisotopic (exact) mass is 463 g/mol. The van der Waals surface area contributed by atoms with Crippen LogP contribution >= 0.6 is 0 Å². The van der Waals surface area contributed by atoms with Gasteiger partial charge in [-0.2, -0.15) is 17.4 Å². The zero-order valence-corrected chi connectivity index (χ0v) is 19.5. The van der Waals surface area contributed by atoms with Gasteiger partial charge in [-0.25, -0.2) is 0 Å². The van der Waals surface area contributed by atoms with Crippen molar-refractivity contribution in [2.45, 2.75) is 31.3 Å². The standard InChI is InChI=1S/C23H33N3O5S/c1-5-9-21(19(3)31-4)22(28)24-17-23(20-10-7-6-8-11-20)12-14-26(15-13-23)32(29,30)25-16-18(2)27/h5-11,18,25,27H,1,3,12-17H2,2,4H3,(H,24,28)/b21-9+/t18-/m0/s1. The maximum absolute atomic E-state index is 12.8. The van der Waals surface area contributed by atoms with Crippen molar-refractivity contribution in [2.24, 2.45) is 0 Å². The van der Waals surface area contributed by atoms with Gasteiger partial charge < -0.3 is 15.2 Å². The highest BCUT2D eigenvalue weighted by molar-refractivity contribution is 7.87. The van der Waals surface area contributed by atoms with Crippen LogP contribution in [0.15, 0.2) is 67.0 Å². The number of amides is 1. The fraction of sp³-hybridized carbons (Fsp3) is 0.435. The summed E-state index contributed by atoms with van der Waals surface area (Å²) in [5.74, 6) is -0.0954. The second-order valence-corrected chi connectivity index (χ2v) is 9.63. The van der Waals surface area contributed by atoms with E-state index in [9.17, 15) is 18.3 Å². The van der Waals surface area contributed by atoms with E-state index in [4.69, 9.17) is 4.74 Å². The number of hydrogen-bond acceptors (Lipinski definition) is 5. The van der Waals surface area contributed by atoms with Crippen LogP contribution in [0.1, 0.15) is 25.3 Å². The zero-order chi connectivity index (χ0) is 23.8. The van der Waals surface area contributed by atoms with Crippen molar-refractivity contribution in [1.29, 1.82) is 0 Å². The third-order valence-corrected chi connectivity index (χ3v) is 7.21. The molecule has 1 saturated heterocycles. The van der Waals surface area contributed by atoms with Crippen LogP contribution < -0.4 is 10.0 Å². The van der Waals surface area contributed by atoms with Crippen molar-refractivity contribution in [3.05, 3.63) is 72.5 Å². The van der Waals surface area contributed by atoms with Gasteiger partial charge >= 0.3 is 0 Å². The molecular formula is C23H33N3O5S. The highest BCUT2D eigenvalue weighted by Crippen LogP contribution is 2.35. The summed E-state index contributed by atoms with van der Waals surface area (Å²) in [7, 11) is -2.25. The molecule has 0 radical (unpaired) electrons. The van der Waals surface area contributed by atoms with E-state index in [1.165, 1.54) is 24.4 Å². The summed E-state index contributed by atoms with van der Waals surface area (Å²) in [5.41, 5.74) is 0.892. The average Bonchev–Trinajstić information content (AvgIpc) is 2.80. The number of carbonyl (C=O) groups is 1. The third-order valence-electron chi connectivity index (χ3n) is 5.63. The van der Waals surface area contributed by atoms with Crippen molar-refractivity contribution in [3.8, 4) is 0 Å². The van der Waals surface area contributed by atoms with Gasteiger partial charge in [0.1, 0.15) is 5.76 Å². The normalized spacial score (nSPS) is 17.9. The minimum absolute atomic E-state index is 0.0412. The Morgan fingerprint density at radius 3 is 2.47 bits per heavy atom. The highest BCUT2D eigenvalue weighted by atomic mass is 32.2. The summed E-state index contributed by atoms with van der Waals surface area (Å²) in [6.07, 6.45) is 3.32. The summed E-state index contributed by atoms with van der Waals surface area (Å²) in [5, 5.41) is 12.4. The van der Waals surface area contributed by atoms with Gasteiger partial charge in [-0.1, -0.05) is 49.6 Å². The second kappa shape index (κ2) is 11.4. The first-order valence-corrected chi connectivity index (χ1v) is 11.9. The number of aliphatic hydroxyl groups is 1. The average molecular weight is 464 g/mol. The van der Waals surface area contributed by atoms with Crippen molar-refractivity contribution >= 4 is 16.1 Å². The van der Waals surface area contributed by atoms with Crippen LogP contribution in [0.4, 0.5) is 0 Å². The van der Waals surface area contributed by atoms with Gasteiger partial charge in [-0.05, 0) is 31.4 Å². The van der Waals surface area contributed by atoms with E-state index in [0.29, 0.717) is 32.5 Å². The number of methoxy groups -OCH3 is 1. The largest absolute Gasteiger partial charge is 0.497 e. The Labute approximate surface area is 190 Å². The SMILES string of the molecule is C=C/C=C(\C(=C)OC)C(=O)NCC1(c2ccccc2)CCN(S(=O)(=O)NC[C@H](C)O)CC1. The number of aliphatic hydroxyl groups excluding tert-OH is 1. The quantitative estimate of drug-likeness (QED) is 0.263. The Hall–Kier alpha value is -2.46. The molecule has 1 fully saturated rings. The number of hydrogen-bond donors (Lipinski definition) is 3. The van der Waals surface area contributed by atoms with E-state index in [1.54, 1.807) is 6.08 Å². The van der Waals surface area contributed by atoms with E-state index in [-0.39, 0.29) is 23.8 Å². The molecule has 0 bridgehead atoms. The Kier molecular flexibility index (Phi) is 9.21. The summed E-state index contributed by atoms with van der Waals surface area (Å²) in [4.78, 5) is 12.8. The molecule has 3 N–H and O–H groups in total. The Morgan fingerprint density at radius 2 is 1.94 bits per heavy atom. The van der Waals surface area contributed by atoms with Crippen LogP contribution in [0.2, 0.25) is 0 Å². The van der Waals surface area contributed by atoms with E-state index >= 15 is 0 Å². The third kappa shape index (κ3) is 6.52. The first-order chi connectivity index (χ1) is 15.1. The van der Waals surface area contributed by atoms with Crippen molar-refractivity contribution in [3.63, 3.8) is 0 Å². The lowest BCUT2D eigenvalue weighted by Crippen LogP contribution is -2.53. The minimum Gasteiger partial charge on any atom is -0.497 e. The molecular weight excluding hydrogens is 430 g/mol. The number of piperidine rings is 1. The van der Waals surface area contributed by atoms with E-state index in [2.05, 4.69) is 23.2 Å². The molecule has 1 atom stereocenters. The lowest BCUT2D eigenvalue weighted by Gasteiger charge is -2.42. The lowest BCUT2D eigenvalue weighted by atomic mass is 9.73. The van der Waals surface area contributed by atoms with Gasteiger partial charge in [-0.15, -0.1) is 0 Å².